The fourth-order valence-corrected chi connectivity index (χ4v) is 1.66. The van der Waals surface area contributed by atoms with E-state index in [1.807, 2.05) is 0 Å². The van der Waals surface area contributed by atoms with Gasteiger partial charge in [-0.15, -0.1) is 11.6 Å². The molecule has 0 atom stereocenters. The van der Waals surface area contributed by atoms with Gasteiger partial charge in [-0.1, -0.05) is 0 Å². The van der Waals surface area contributed by atoms with E-state index in [0.29, 0.717) is 11.8 Å². The lowest BCUT2D eigenvalue weighted by molar-refractivity contribution is -0.122. The minimum Gasteiger partial charge on any atom is -0.355 e. The highest BCUT2D eigenvalue weighted by Gasteiger charge is 2.42. The largest absolute Gasteiger partial charge is 0.355 e. The first-order chi connectivity index (χ1) is 5.76. The van der Waals surface area contributed by atoms with Gasteiger partial charge in [0.15, 0.2) is 0 Å². The molecule has 0 spiro atoms. The average Bonchev–Trinajstić information content (AvgIpc) is 2.94. The third-order valence-corrected chi connectivity index (χ3v) is 3.39. The van der Waals surface area contributed by atoms with Gasteiger partial charge in [0.2, 0.25) is 5.91 Å². The zero-order chi connectivity index (χ0) is 8.60. The molecule has 0 saturated heterocycles. The summed E-state index contributed by atoms with van der Waals surface area (Å²) >= 11 is 5.78. The molecule has 0 aromatic carbocycles. The molecular formula is C9H14ClNO. The first kappa shape index (κ1) is 8.36. The van der Waals surface area contributed by atoms with Crippen molar-refractivity contribution in [2.24, 2.45) is 11.3 Å². The Labute approximate surface area is 77.7 Å². The van der Waals surface area contributed by atoms with Gasteiger partial charge in [-0.25, -0.2) is 0 Å². The summed E-state index contributed by atoms with van der Waals surface area (Å²) in [5.41, 5.74) is 0.270. The lowest BCUT2D eigenvalue weighted by Crippen LogP contribution is -2.31. The number of alkyl halides is 1. The zero-order valence-electron chi connectivity index (χ0n) is 7.11. The first-order valence-electron chi connectivity index (χ1n) is 4.59. The molecule has 0 aromatic heterocycles. The highest BCUT2D eigenvalue weighted by Crippen LogP contribution is 2.46. The second kappa shape index (κ2) is 2.91. The normalized spacial score (nSPS) is 25.1. The van der Waals surface area contributed by atoms with Crippen LogP contribution < -0.4 is 5.32 Å². The molecule has 2 aliphatic rings. The summed E-state index contributed by atoms with van der Waals surface area (Å²) in [6, 6.07) is 0. The second-order valence-corrected chi connectivity index (χ2v) is 4.39. The quantitative estimate of drug-likeness (QED) is 0.665. The standard InChI is InChI=1S/C9H14ClNO/c10-5-9(3-4-9)6-11-8(12)7-1-2-7/h7H,1-6H2,(H,11,12). The summed E-state index contributed by atoms with van der Waals surface area (Å²) in [5.74, 6) is 1.26. The van der Waals surface area contributed by atoms with Crippen LogP contribution in [0, 0.1) is 11.3 Å². The summed E-state index contributed by atoms with van der Waals surface area (Å²) in [6.07, 6.45) is 4.53. The maximum absolute atomic E-state index is 11.2. The molecule has 2 saturated carbocycles. The topological polar surface area (TPSA) is 29.1 Å². The van der Waals surface area contributed by atoms with Crippen LogP contribution in [0.25, 0.3) is 0 Å². The molecule has 0 aliphatic heterocycles. The fraction of sp³-hybridized carbons (Fsp3) is 0.889. The number of nitrogens with one attached hydrogen (secondary N) is 1. The van der Waals surface area contributed by atoms with Crippen molar-refractivity contribution in [2.45, 2.75) is 25.7 Å². The molecule has 0 aromatic rings. The third-order valence-electron chi connectivity index (χ3n) is 2.83. The van der Waals surface area contributed by atoms with Crippen LogP contribution in [0.3, 0.4) is 0 Å². The van der Waals surface area contributed by atoms with Crippen molar-refractivity contribution < 1.29 is 4.79 Å². The Bertz CT molecular complexity index is 197. The molecule has 2 aliphatic carbocycles. The molecule has 2 nitrogen and oxygen atoms in total. The fourth-order valence-electron chi connectivity index (χ4n) is 1.30. The van der Waals surface area contributed by atoms with Crippen LogP contribution in [0.1, 0.15) is 25.7 Å². The van der Waals surface area contributed by atoms with Crippen molar-refractivity contribution >= 4 is 17.5 Å². The molecule has 68 valence electrons. The number of carbonyl (C=O) groups excluding carboxylic acids is 1. The second-order valence-electron chi connectivity index (χ2n) is 4.13. The van der Waals surface area contributed by atoms with Crippen LogP contribution in [-0.4, -0.2) is 18.3 Å². The molecule has 2 rings (SSSR count). The monoisotopic (exact) mass is 187 g/mol. The van der Waals surface area contributed by atoms with Crippen LogP contribution in [0.5, 0.6) is 0 Å². The smallest absolute Gasteiger partial charge is 0.223 e. The van der Waals surface area contributed by atoms with E-state index in [1.165, 1.54) is 12.8 Å². The van der Waals surface area contributed by atoms with Crippen LogP contribution in [-0.2, 0) is 4.79 Å². The Kier molecular flexibility index (Phi) is 2.03. The number of hydrogen-bond acceptors (Lipinski definition) is 1. The van der Waals surface area contributed by atoms with Gasteiger partial charge in [0.1, 0.15) is 0 Å². The SMILES string of the molecule is O=C(NCC1(CCl)CC1)C1CC1. The number of halogens is 1. The first-order valence-corrected chi connectivity index (χ1v) is 5.13. The van der Waals surface area contributed by atoms with Crippen LogP contribution in [0.15, 0.2) is 0 Å². The highest BCUT2D eigenvalue weighted by molar-refractivity contribution is 6.18. The van der Waals surface area contributed by atoms with Crippen molar-refractivity contribution in [3.05, 3.63) is 0 Å². The molecule has 2 fully saturated rings. The van der Waals surface area contributed by atoms with Gasteiger partial charge in [0.25, 0.3) is 0 Å². The molecule has 1 N–H and O–H groups in total. The third kappa shape index (κ3) is 1.74. The molecular weight excluding hydrogens is 174 g/mol. The minimum absolute atomic E-state index is 0.242. The Morgan fingerprint density at radius 1 is 1.50 bits per heavy atom. The van der Waals surface area contributed by atoms with Crippen molar-refractivity contribution in [3.8, 4) is 0 Å². The lowest BCUT2D eigenvalue weighted by atomic mass is 10.1. The van der Waals surface area contributed by atoms with E-state index in [-0.39, 0.29) is 11.3 Å². The summed E-state index contributed by atoms with van der Waals surface area (Å²) in [7, 11) is 0. The van der Waals surface area contributed by atoms with Gasteiger partial charge in [0.05, 0.1) is 0 Å². The maximum atomic E-state index is 11.2. The Hall–Kier alpha value is -0.240. The number of hydrogen-bond donors (Lipinski definition) is 1. The van der Waals surface area contributed by atoms with Gasteiger partial charge in [-0.2, -0.15) is 0 Å². The predicted octanol–water partition coefficient (Wildman–Crippen LogP) is 1.53. The van der Waals surface area contributed by atoms with E-state index in [1.54, 1.807) is 0 Å². The number of carbonyl (C=O) groups is 1. The number of amides is 1. The van der Waals surface area contributed by atoms with Crippen molar-refractivity contribution in [2.75, 3.05) is 12.4 Å². The number of rotatable bonds is 4. The van der Waals surface area contributed by atoms with Gasteiger partial charge in [0, 0.05) is 23.8 Å². The van der Waals surface area contributed by atoms with Crippen LogP contribution in [0.4, 0.5) is 0 Å². The van der Waals surface area contributed by atoms with E-state index in [4.69, 9.17) is 11.6 Å². The highest BCUT2D eigenvalue weighted by atomic mass is 35.5. The predicted molar refractivity (Wildman–Crippen MR) is 48.1 cm³/mol. The average molecular weight is 188 g/mol. The molecule has 1 amide bonds. The van der Waals surface area contributed by atoms with E-state index >= 15 is 0 Å². The van der Waals surface area contributed by atoms with Gasteiger partial charge >= 0.3 is 0 Å². The summed E-state index contributed by atoms with van der Waals surface area (Å²) in [6.45, 7) is 0.797. The Morgan fingerprint density at radius 3 is 2.58 bits per heavy atom. The van der Waals surface area contributed by atoms with Crippen molar-refractivity contribution in [1.29, 1.82) is 0 Å². The summed E-state index contributed by atoms with van der Waals surface area (Å²) in [4.78, 5) is 11.2. The van der Waals surface area contributed by atoms with E-state index < -0.39 is 0 Å². The molecule has 3 heteroatoms. The lowest BCUT2D eigenvalue weighted by Gasteiger charge is -2.11. The van der Waals surface area contributed by atoms with Crippen LogP contribution in [0.2, 0.25) is 0 Å². The van der Waals surface area contributed by atoms with Gasteiger partial charge in [-0.05, 0) is 25.7 Å². The Morgan fingerprint density at radius 2 is 2.17 bits per heavy atom. The van der Waals surface area contributed by atoms with Crippen LogP contribution >= 0.6 is 11.6 Å². The van der Waals surface area contributed by atoms with Crippen molar-refractivity contribution in [1.82, 2.24) is 5.32 Å². The Balaban J connectivity index is 1.70. The molecule has 0 heterocycles. The maximum Gasteiger partial charge on any atom is 0.223 e. The minimum atomic E-state index is 0.242. The van der Waals surface area contributed by atoms with Gasteiger partial charge in [-0.3, -0.25) is 4.79 Å². The zero-order valence-corrected chi connectivity index (χ0v) is 7.86. The summed E-state index contributed by atoms with van der Waals surface area (Å²) < 4.78 is 0. The van der Waals surface area contributed by atoms with Gasteiger partial charge < -0.3 is 5.32 Å². The van der Waals surface area contributed by atoms with E-state index in [9.17, 15) is 4.79 Å². The van der Waals surface area contributed by atoms with E-state index in [2.05, 4.69) is 5.32 Å². The molecule has 12 heavy (non-hydrogen) atoms. The van der Waals surface area contributed by atoms with E-state index in [0.717, 1.165) is 19.4 Å². The summed E-state index contributed by atoms with van der Waals surface area (Å²) in [5, 5.41) is 2.97. The molecule has 0 radical (unpaired) electrons. The molecule has 0 unspecified atom stereocenters. The van der Waals surface area contributed by atoms with Crippen molar-refractivity contribution in [3.63, 3.8) is 0 Å². The molecule has 0 bridgehead atoms.